The Bertz CT molecular complexity index is 817. The van der Waals surface area contributed by atoms with Crippen LogP contribution in [0.2, 0.25) is 0 Å². The lowest BCUT2D eigenvalue weighted by atomic mass is 10.1. The van der Waals surface area contributed by atoms with Crippen molar-refractivity contribution in [2.45, 2.75) is 20.8 Å². The van der Waals surface area contributed by atoms with E-state index in [1.807, 2.05) is 13.8 Å². The first kappa shape index (κ1) is 20.0. The number of aromatic nitrogens is 2. The predicted octanol–water partition coefficient (Wildman–Crippen LogP) is 2.06. The summed E-state index contributed by atoms with van der Waals surface area (Å²) in [6, 6.07) is 6.61. The summed E-state index contributed by atoms with van der Waals surface area (Å²) in [7, 11) is 0. The van der Waals surface area contributed by atoms with Crippen molar-refractivity contribution in [2.75, 3.05) is 25.0 Å². The van der Waals surface area contributed by atoms with Crippen LogP contribution in [0.15, 0.2) is 36.7 Å². The lowest BCUT2D eigenvalue weighted by molar-refractivity contribution is -0.119. The first-order valence-electron chi connectivity index (χ1n) is 8.59. The first-order chi connectivity index (χ1) is 12.9. The average Bonchev–Trinajstić information content (AvgIpc) is 2.67. The highest BCUT2D eigenvalue weighted by Gasteiger charge is 2.15. The SMILES string of the molecule is CCN(CC)C(=O)c1cccc(NC(=O)COC(=O)c2cnc(C)cn2)c1. The normalized spacial score (nSPS) is 10.2. The number of carbonyl (C=O) groups is 3. The number of rotatable bonds is 7. The number of esters is 1. The van der Waals surface area contributed by atoms with E-state index < -0.39 is 18.5 Å². The molecule has 1 N–H and O–H groups in total. The van der Waals surface area contributed by atoms with Crippen LogP contribution in [0.3, 0.4) is 0 Å². The van der Waals surface area contributed by atoms with E-state index >= 15 is 0 Å². The van der Waals surface area contributed by atoms with E-state index in [0.29, 0.717) is 30.0 Å². The molecule has 0 fully saturated rings. The molecule has 0 bridgehead atoms. The summed E-state index contributed by atoms with van der Waals surface area (Å²) in [6.45, 7) is 6.28. The molecule has 2 amide bonds. The Morgan fingerprint density at radius 1 is 1.11 bits per heavy atom. The largest absolute Gasteiger partial charge is 0.451 e. The molecule has 1 aromatic heterocycles. The lowest BCUT2D eigenvalue weighted by Gasteiger charge is -2.19. The fourth-order valence-corrected chi connectivity index (χ4v) is 2.32. The summed E-state index contributed by atoms with van der Waals surface area (Å²) < 4.78 is 4.92. The van der Waals surface area contributed by atoms with Gasteiger partial charge >= 0.3 is 5.97 Å². The number of hydrogen-bond acceptors (Lipinski definition) is 6. The van der Waals surface area contributed by atoms with Gasteiger partial charge in [-0.3, -0.25) is 14.6 Å². The monoisotopic (exact) mass is 370 g/mol. The van der Waals surface area contributed by atoms with Crippen molar-refractivity contribution in [3.63, 3.8) is 0 Å². The van der Waals surface area contributed by atoms with Crippen molar-refractivity contribution < 1.29 is 19.1 Å². The minimum Gasteiger partial charge on any atom is -0.451 e. The molecule has 1 aromatic carbocycles. The van der Waals surface area contributed by atoms with Gasteiger partial charge in [-0.25, -0.2) is 9.78 Å². The van der Waals surface area contributed by atoms with Gasteiger partial charge in [0, 0.05) is 30.5 Å². The molecule has 8 nitrogen and oxygen atoms in total. The molecule has 0 spiro atoms. The van der Waals surface area contributed by atoms with Gasteiger partial charge in [0.25, 0.3) is 11.8 Å². The Hall–Kier alpha value is -3.29. The van der Waals surface area contributed by atoms with E-state index in [-0.39, 0.29) is 11.6 Å². The minimum absolute atomic E-state index is 0.0280. The van der Waals surface area contributed by atoms with Gasteiger partial charge in [-0.1, -0.05) is 6.07 Å². The fourth-order valence-electron chi connectivity index (χ4n) is 2.32. The summed E-state index contributed by atoms with van der Waals surface area (Å²) in [5.74, 6) is -1.36. The van der Waals surface area contributed by atoms with E-state index in [0.717, 1.165) is 0 Å². The predicted molar refractivity (Wildman–Crippen MR) is 99.4 cm³/mol. The fraction of sp³-hybridized carbons (Fsp3) is 0.316. The average molecular weight is 370 g/mol. The zero-order chi connectivity index (χ0) is 19.8. The highest BCUT2D eigenvalue weighted by Crippen LogP contribution is 2.13. The van der Waals surface area contributed by atoms with Crippen molar-refractivity contribution in [1.82, 2.24) is 14.9 Å². The number of aryl methyl sites for hydroxylation is 1. The number of benzene rings is 1. The maximum absolute atomic E-state index is 12.4. The van der Waals surface area contributed by atoms with Gasteiger partial charge in [0.1, 0.15) is 0 Å². The zero-order valence-electron chi connectivity index (χ0n) is 15.6. The molecular formula is C19H22N4O4. The number of hydrogen-bond donors (Lipinski definition) is 1. The molecule has 2 rings (SSSR count). The molecule has 0 saturated heterocycles. The Morgan fingerprint density at radius 2 is 1.85 bits per heavy atom. The quantitative estimate of drug-likeness (QED) is 0.749. The third-order valence-corrected chi connectivity index (χ3v) is 3.77. The van der Waals surface area contributed by atoms with Crippen LogP contribution in [0.25, 0.3) is 0 Å². The maximum atomic E-state index is 12.4. The number of ether oxygens (including phenoxy) is 1. The van der Waals surface area contributed by atoms with Gasteiger partial charge in [0.15, 0.2) is 12.3 Å². The summed E-state index contributed by atoms with van der Waals surface area (Å²) in [6.07, 6.45) is 2.73. The van der Waals surface area contributed by atoms with Crippen LogP contribution in [-0.2, 0) is 9.53 Å². The van der Waals surface area contributed by atoms with Gasteiger partial charge in [0.2, 0.25) is 0 Å². The molecule has 0 atom stereocenters. The second kappa shape index (κ2) is 9.42. The summed E-state index contributed by atoms with van der Waals surface area (Å²) in [5.41, 5.74) is 1.62. The van der Waals surface area contributed by atoms with Crippen molar-refractivity contribution in [3.05, 3.63) is 53.6 Å². The zero-order valence-corrected chi connectivity index (χ0v) is 15.6. The van der Waals surface area contributed by atoms with E-state index in [4.69, 9.17) is 4.74 Å². The molecule has 8 heteroatoms. The number of amides is 2. The number of carbonyl (C=O) groups excluding carboxylic acids is 3. The Morgan fingerprint density at radius 3 is 2.48 bits per heavy atom. The third kappa shape index (κ3) is 5.60. The van der Waals surface area contributed by atoms with E-state index in [1.165, 1.54) is 12.4 Å². The van der Waals surface area contributed by atoms with Crippen molar-refractivity contribution in [2.24, 2.45) is 0 Å². The molecule has 0 aliphatic carbocycles. The van der Waals surface area contributed by atoms with Crippen LogP contribution in [0.5, 0.6) is 0 Å². The lowest BCUT2D eigenvalue weighted by Crippen LogP contribution is -2.30. The Labute approximate surface area is 157 Å². The summed E-state index contributed by atoms with van der Waals surface area (Å²) in [5, 5.41) is 2.61. The Balaban J connectivity index is 1.93. The Kier molecular flexibility index (Phi) is 6.99. The topological polar surface area (TPSA) is 101 Å². The molecule has 27 heavy (non-hydrogen) atoms. The van der Waals surface area contributed by atoms with E-state index in [1.54, 1.807) is 36.1 Å². The first-order valence-corrected chi connectivity index (χ1v) is 8.59. The summed E-state index contributed by atoms with van der Waals surface area (Å²) in [4.78, 5) is 45.8. The highest BCUT2D eigenvalue weighted by atomic mass is 16.5. The van der Waals surface area contributed by atoms with Crippen LogP contribution < -0.4 is 5.32 Å². The molecule has 0 radical (unpaired) electrons. The van der Waals surface area contributed by atoms with Gasteiger partial charge in [-0.2, -0.15) is 0 Å². The molecule has 0 saturated carbocycles. The van der Waals surface area contributed by atoms with Crippen molar-refractivity contribution in [3.8, 4) is 0 Å². The van der Waals surface area contributed by atoms with Gasteiger partial charge in [0.05, 0.1) is 11.9 Å². The smallest absolute Gasteiger partial charge is 0.359 e. The van der Waals surface area contributed by atoms with Gasteiger partial charge in [-0.05, 0) is 39.0 Å². The van der Waals surface area contributed by atoms with Crippen LogP contribution in [0.4, 0.5) is 5.69 Å². The molecule has 142 valence electrons. The standard InChI is InChI=1S/C19H22N4O4/c1-4-23(5-2)18(25)14-7-6-8-15(9-14)22-17(24)12-27-19(26)16-11-20-13(3)10-21-16/h6-11H,4-5,12H2,1-3H3,(H,22,24). The van der Waals surface area contributed by atoms with Crippen molar-refractivity contribution in [1.29, 1.82) is 0 Å². The number of nitrogens with zero attached hydrogens (tertiary/aromatic N) is 3. The van der Waals surface area contributed by atoms with Crippen LogP contribution >= 0.6 is 0 Å². The van der Waals surface area contributed by atoms with Gasteiger partial charge in [-0.15, -0.1) is 0 Å². The molecule has 2 aromatic rings. The number of anilines is 1. The van der Waals surface area contributed by atoms with Crippen LogP contribution in [-0.4, -0.2) is 52.3 Å². The van der Waals surface area contributed by atoms with E-state index in [9.17, 15) is 14.4 Å². The molecule has 1 heterocycles. The molecule has 0 aliphatic rings. The molecule has 0 aliphatic heterocycles. The summed E-state index contributed by atoms with van der Waals surface area (Å²) >= 11 is 0. The molecular weight excluding hydrogens is 348 g/mol. The van der Waals surface area contributed by atoms with Crippen molar-refractivity contribution >= 4 is 23.5 Å². The van der Waals surface area contributed by atoms with Crippen LogP contribution in [0.1, 0.15) is 40.4 Å². The molecule has 0 unspecified atom stereocenters. The second-order valence-corrected chi connectivity index (χ2v) is 5.73. The van der Waals surface area contributed by atoms with Crippen LogP contribution in [0, 0.1) is 6.92 Å². The van der Waals surface area contributed by atoms with E-state index in [2.05, 4.69) is 15.3 Å². The number of nitrogens with one attached hydrogen (secondary N) is 1. The third-order valence-electron chi connectivity index (χ3n) is 3.77. The maximum Gasteiger partial charge on any atom is 0.359 e. The van der Waals surface area contributed by atoms with Gasteiger partial charge < -0.3 is 15.0 Å². The minimum atomic E-state index is -0.733. The second-order valence-electron chi connectivity index (χ2n) is 5.73. The highest BCUT2D eigenvalue weighted by molar-refractivity contribution is 5.98.